The Labute approximate surface area is 128 Å². The summed E-state index contributed by atoms with van der Waals surface area (Å²) in [7, 11) is 1.95. The molecule has 2 N–H and O–H groups in total. The second kappa shape index (κ2) is 5.51. The van der Waals surface area contributed by atoms with Crippen LogP contribution in [-0.2, 0) is 32.7 Å². The Morgan fingerprint density at radius 2 is 2.30 bits per heavy atom. The molecule has 108 valence electrons. The molecule has 1 aliphatic carbocycles. The topological polar surface area (TPSA) is 43.8 Å². The minimum Gasteiger partial charge on any atom is -0.323 e. The maximum absolute atomic E-state index is 6.40. The molecule has 0 aliphatic heterocycles. The number of thiophene rings is 1. The van der Waals surface area contributed by atoms with Crippen molar-refractivity contribution < 1.29 is 0 Å². The smallest absolute Gasteiger partial charge is 0.0850 e. The minimum atomic E-state index is 0.0169. The summed E-state index contributed by atoms with van der Waals surface area (Å²) in [5.41, 5.74) is 9.90. The van der Waals surface area contributed by atoms with Crippen LogP contribution in [-0.4, -0.2) is 9.78 Å². The quantitative estimate of drug-likeness (QED) is 0.940. The van der Waals surface area contributed by atoms with E-state index in [4.69, 9.17) is 17.3 Å². The summed E-state index contributed by atoms with van der Waals surface area (Å²) in [4.78, 5) is 2.81. The van der Waals surface area contributed by atoms with Gasteiger partial charge >= 0.3 is 0 Å². The van der Waals surface area contributed by atoms with Crippen LogP contribution in [0.1, 0.15) is 46.1 Å². The number of halogens is 1. The molecule has 0 fully saturated rings. The molecule has 3 nitrogen and oxygen atoms in total. The Kier molecular flexibility index (Phi) is 3.89. The fraction of sp³-hybridized carbons (Fsp3) is 0.533. The Morgan fingerprint density at radius 3 is 2.95 bits per heavy atom. The van der Waals surface area contributed by atoms with Gasteiger partial charge in [0.25, 0.3) is 0 Å². The summed E-state index contributed by atoms with van der Waals surface area (Å²) in [6, 6.07) is 2.31. The van der Waals surface area contributed by atoms with Crippen LogP contribution in [0.2, 0.25) is 5.02 Å². The van der Waals surface area contributed by atoms with Gasteiger partial charge in [-0.05, 0) is 37.3 Å². The van der Waals surface area contributed by atoms with Crippen molar-refractivity contribution in [1.29, 1.82) is 0 Å². The van der Waals surface area contributed by atoms with E-state index in [1.807, 2.05) is 23.1 Å². The first kappa shape index (κ1) is 14.1. The lowest BCUT2D eigenvalue weighted by molar-refractivity contribution is 0.643. The zero-order valence-electron chi connectivity index (χ0n) is 11.9. The fourth-order valence-electron chi connectivity index (χ4n) is 2.89. The molecule has 0 amide bonds. The highest BCUT2D eigenvalue weighted by Gasteiger charge is 2.21. The van der Waals surface area contributed by atoms with Gasteiger partial charge in [-0.1, -0.05) is 18.5 Å². The maximum atomic E-state index is 6.40. The number of hydrogen-bond donors (Lipinski definition) is 1. The molecule has 0 saturated heterocycles. The highest BCUT2D eigenvalue weighted by Crippen LogP contribution is 2.35. The predicted molar refractivity (Wildman–Crippen MR) is 84.6 cm³/mol. The van der Waals surface area contributed by atoms with Crippen molar-refractivity contribution in [1.82, 2.24) is 9.78 Å². The van der Waals surface area contributed by atoms with Gasteiger partial charge in [-0.2, -0.15) is 5.10 Å². The van der Waals surface area contributed by atoms with Gasteiger partial charge in [-0.3, -0.25) is 4.68 Å². The molecule has 0 spiro atoms. The third-order valence-corrected chi connectivity index (χ3v) is 5.85. The second-order valence-corrected chi connectivity index (χ2v) is 6.99. The van der Waals surface area contributed by atoms with Crippen LogP contribution in [0.5, 0.6) is 0 Å². The maximum Gasteiger partial charge on any atom is 0.0850 e. The molecule has 2 aromatic heterocycles. The Balaban J connectivity index is 1.81. The van der Waals surface area contributed by atoms with Gasteiger partial charge in [0.15, 0.2) is 0 Å². The zero-order chi connectivity index (χ0) is 14.3. The fourth-order valence-corrected chi connectivity index (χ4v) is 4.52. The van der Waals surface area contributed by atoms with Gasteiger partial charge < -0.3 is 5.73 Å². The molecule has 1 atom stereocenters. The molecular formula is C15H20ClN3S. The summed E-state index contributed by atoms with van der Waals surface area (Å²) < 4.78 is 1.88. The summed E-state index contributed by atoms with van der Waals surface area (Å²) in [6.07, 6.45) is 5.34. The van der Waals surface area contributed by atoms with E-state index in [2.05, 4.69) is 18.1 Å². The van der Waals surface area contributed by atoms with E-state index in [0.29, 0.717) is 0 Å². The number of fused-ring (bicyclic) bond motifs is 1. The highest BCUT2D eigenvalue weighted by molar-refractivity contribution is 7.12. The van der Waals surface area contributed by atoms with Crippen LogP contribution in [0.25, 0.3) is 0 Å². The zero-order valence-corrected chi connectivity index (χ0v) is 13.5. The van der Waals surface area contributed by atoms with Crippen LogP contribution < -0.4 is 5.73 Å². The van der Waals surface area contributed by atoms with Gasteiger partial charge in [0.1, 0.15) is 0 Å². The molecule has 0 bridgehead atoms. The van der Waals surface area contributed by atoms with Gasteiger partial charge in [0, 0.05) is 29.3 Å². The Morgan fingerprint density at radius 1 is 1.50 bits per heavy atom. The van der Waals surface area contributed by atoms with Crippen LogP contribution in [0.15, 0.2) is 6.07 Å². The van der Waals surface area contributed by atoms with Gasteiger partial charge in [0.2, 0.25) is 0 Å². The standard InChI is InChI=1S/C15H20ClN3S/c1-3-11-15(16)12(19(2)18-11)8-10(17)14-7-9-5-4-6-13(9)20-14/h7,10H,3-6,8,17H2,1-2H3. The predicted octanol–water partition coefficient (Wildman–Crippen LogP) is 3.43. The molecule has 20 heavy (non-hydrogen) atoms. The lowest BCUT2D eigenvalue weighted by Gasteiger charge is -2.10. The Hall–Kier alpha value is -0.840. The van der Waals surface area contributed by atoms with E-state index >= 15 is 0 Å². The highest BCUT2D eigenvalue weighted by atomic mass is 35.5. The first-order chi connectivity index (χ1) is 9.60. The average molecular weight is 310 g/mol. The lowest BCUT2D eigenvalue weighted by Crippen LogP contribution is -2.14. The van der Waals surface area contributed by atoms with Crippen molar-refractivity contribution in [2.45, 2.75) is 45.1 Å². The molecular weight excluding hydrogens is 290 g/mol. The van der Waals surface area contributed by atoms with Gasteiger partial charge in [-0.25, -0.2) is 0 Å². The summed E-state index contributed by atoms with van der Waals surface area (Å²) in [5, 5.41) is 5.24. The molecule has 0 saturated carbocycles. The van der Waals surface area contributed by atoms with Crippen molar-refractivity contribution in [3.8, 4) is 0 Å². The largest absolute Gasteiger partial charge is 0.323 e. The SMILES string of the molecule is CCc1nn(C)c(CC(N)c2cc3c(s2)CCC3)c1Cl. The molecule has 2 aromatic rings. The summed E-state index contributed by atoms with van der Waals surface area (Å²) in [5.74, 6) is 0. The normalized spacial score (nSPS) is 15.6. The number of nitrogens with two attached hydrogens (primary N) is 1. The minimum absolute atomic E-state index is 0.0169. The lowest BCUT2D eigenvalue weighted by atomic mass is 10.1. The van der Waals surface area contributed by atoms with Crippen molar-refractivity contribution >= 4 is 22.9 Å². The van der Waals surface area contributed by atoms with Gasteiger partial charge in [-0.15, -0.1) is 11.3 Å². The van der Waals surface area contributed by atoms with E-state index in [0.717, 1.165) is 29.3 Å². The number of aryl methyl sites for hydroxylation is 4. The van der Waals surface area contributed by atoms with E-state index < -0.39 is 0 Å². The van der Waals surface area contributed by atoms with Crippen LogP contribution in [0, 0.1) is 0 Å². The number of hydrogen-bond acceptors (Lipinski definition) is 3. The van der Waals surface area contributed by atoms with Crippen LogP contribution in [0.4, 0.5) is 0 Å². The first-order valence-corrected chi connectivity index (χ1v) is 8.37. The molecule has 2 heterocycles. The average Bonchev–Trinajstić information content (AvgIpc) is 3.07. The number of rotatable bonds is 4. The van der Waals surface area contributed by atoms with E-state index in [-0.39, 0.29) is 6.04 Å². The van der Waals surface area contributed by atoms with E-state index in [9.17, 15) is 0 Å². The van der Waals surface area contributed by atoms with Crippen molar-refractivity contribution in [2.24, 2.45) is 12.8 Å². The van der Waals surface area contributed by atoms with Crippen molar-refractivity contribution in [2.75, 3.05) is 0 Å². The van der Waals surface area contributed by atoms with Crippen LogP contribution in [0.3, 0.4) is 0 Å². The van der Waals surface area contributed by atoms with E-state index in [1.165, 1.54) is 34.6 Å². The molecule has 1 aliphatic rings. The second-order valence-electron chi connectivity index (χ2n) is 5.45. The van der Waals surface area contributed by atoms with Crippen LogP contribution >= 0.6 is 22.9 Å². The molecule has 3 rings (SSSR count). The summed E-state index contributed by atoms with van der Waals surface area (Å²) >= 11 is 8.28. The number of aromatic nitrogens is 2. The van der Waals surface area contributed by atoms with E-state index in [1.54, 1.807) is 0 Å². The summed E-state index contributed by atoms with van der Waals surface area (Å²) in [6.45, 7) is 2.07. The molecule has 1 unspecified atom stereocenters. The molecule has 5 heteroatoms. The third kappa shape index (κ3) is 2.41. The monoisotopic (exact) mass is 309 g/mol. The van der Waals surface area contributed by atoms with Crippen molar-refractivity contribution in [3.63, 3.8) is 0 Å². The third-order valence-electron chi connectivity index (χ3n) is 4.05. The number of nitrogens with zero attached hydrogens (tertiary/aromatic N) is 2. The molecule has 0 aromatic carbocycles. The Bertz CT molecular complexity index is 608. The first-order valence-electron chi connectivity index (χ1n) is 7.17. The van der Waals surface area contributed by atoms with Gasteiger partial charge in [0.05, 0.1) is 16.4 Å². The molecule has 0 radical (unpaired) electrons. The van der Waals surface area contributed by atoms with Crippen molar-refractivity contribution in [3.05, 3.63) is 37.8 Å².